The molecule has 0 aromatic heterocycles. The summed E-state index contributed by atoms with van der Waals surface area (Å²) in [4.78, 5) is 26.7. The third-order valence-corrected chi connectivity index (χ3v) is 0. The second-order valence-electron chi connectivity index (χ2n) is 1.47. The molecule has 0 unspecified atom stereocenters. The molecule has 0 saturated heterocycles. The van der Waals surface area contributed by atoms with Gasteiger partial charge in [0.25, 0.3) is 0 Å². The van der Waals surface area contributed by atoms with Crippen LogP contribution in [0.5, 0.6) is 0 Å². The van der Waals surface area contributed by atoms with E-state index in [9.17, 15) is 0 Å². The molecule has 1 N–H and O–H groups in total. The number of carbonyl (C=O) groups excluding carboxylic acids is 3. The topological polar surface area (TPSA) is 141 Å². The number of carboxylic acid groups (broad SMARTS) is 3. The van der Waals surface area contributed by atoms with Crippen LogP contribution in [0.3, 0.4) is 0 Å². The summed E-state index contributed by atoms with van der Waals surface area (Å²) in [5, 5.41) is 33.7. The van der Waals surface area contributed by atoms with Gasteiger partial charge in [0.2, 0.25) is 0 Å². The third-order valence-electron chi connectivity index (χ3n) is 0. The fourth-order valence-electron chi connectivity index (χ4n) is 0. The van der Waals surface area contributed by atoms with Gasteiger partial charge in [-0.05, 0) is 20.8 Å². The molecule has 0 aliphatic heterocycles. The van der Waals surface area contributed by atoms with Gasteiger partial charge in [-0.3, -0.25) is 0 Å². The molecule has 15 heavy (non-hydrogen) atoms. The number of hydrogen-bond donors (Lipinski definition) is 1. The van der Waals surface area contributed by atoms with Gasteiger partial charge in [-0.1, -0.05) is 0 Å². The number of aliphatic hydroxyl groups excluding tert-OH is 1. The van der Waals surface area contributed by atoms with Crippen molar-refractivity contribution in [2.75, 3.05) is 7.11 Å². The molecule has 0 amide bonds. The monoisotopic (exact) mass is 261 g/mol. The molecule has 0 aliphatic carbocycles. The van der Waals surface area contributed by atoms with E-state index >= 15 is 0 Å². The minimum atomic E-state index is -1.08. The fraction of sp³-hybridized carbons (Fsp3) is 0.571. The molecule has 0 aromatic carbocycles. The number of aliphatic hydroxyl groups is 1. The van der Waals surface area contributed by atoms with Gasteiger partial charge >= 0.3 is 17.4 Å². The van der Waals surface area contributed by atoms with E-state index in [4.69, 9.17) is 34.8 Å². The van der Waals surface area contributed by atoms with Gasteiger partial charge in [0, 0.05) is 25.0 Å². The summed E-state index contributed by atoms with van der Waals surface area (Å²) in [5.41, 5.74) is 0. The summed E-state index contributed by atoms with van der Waals surface area (Å²) in [6, 6.07) is 0. The standard InChI is InChI=1S/3C2H4O2.CH4O.Cr/c3*1-2(3)4;1-2;/h3*1H3,(H,3,4);2H,1H3;/q;;;;+3/p-3. The van der Waals surface area contributed by atoms with Crippen LogP contribution in [0.15, 0.2) is 0 Å². The van der Waals surface area contributed by atoms with Crippen LogP contribution in [0.1, 0.15) is 20.8 Å². The Kier molecular flexibility index (Phi) is 57.0. The van der Waals surface area contributed by atoms with Crippen LogP contribution in [0.25, 0.3) is 0 Å². The minimum Gasteiger partial charge on any atom is -0.550 e. The number of rotatable bonds is 0. The average molecular weight is 261 g/mol. The maximum Gasteiger partial charge on any atom is 3.00 e. The molecule has 0 fully saturated rings. The molecule has 0 heterocycles. The van der Waals surface area contributed by atoms with E-state index in [2.05, 4.69) is 0 Å². The number of hydrogen-bond acceptors (Lipinski definition) is 7. The Morgan fingerprint density at radius 2 is 0.733 bits per heavy atom. The molecule has 8 heteroatoms. The van der Waals surface area contributed by atoms with E-state index in [-0.39, 0.29) is 17.4 Å². The van der Waals surface area contributed by atoms with Crippen molar-refractivity contribution < 1.29 is 52.2 Å². The summed E-state index contributed by atoms with van der Waals surface area (Å²) >= 11 is 0. The molecule has 0 saturated carbocycles. The van der Waals surface area contributed by atoms with E-state index in [1.807, 2.05) is 0 Å². The van der Waals surface area contributed by atoms with Crippen molar-refractivity contribution in [3.8, 4) is 0 Å². The van der Waals surface area contributed by atoms with Crippen molar-refractivity contribution in [2.24, 2.45) is 0 Å². The molecule has 0 bridgehead atoms. The van der Waals surface area contributed by atoms with E-state index in [1.54, 1.807) is 0 Å². The van der Waals surface area contributed by atoms with Gasteiger partial charge in [-0.2, -0.15) is 0 Å². The molecule has 7 nitrogen and oxygen atoms in total. The Morgan fingerprint density at radius 1 is 0.733 bits per heavy atom. The van der Waals surface area contributed by atoms with Gasteiger partial charge in [0.05, 0.1) is 0 Å². The Labute approximate surface area is 98.5 Å². The smallest absolute Gasteiger partial charge is 0.550 e. The predicted molar refractivity (Wildman–Crippen MR) is 40.2 cm³/mol. The van der Waals surface area contributed by atoms with Crippen molar-refractivity contribution >= 4 is 17.9 Å². The van der Waals surface area contributed by atoms with Crippen molar-refractivity contribution in [3.63, 3.8) is 0 Å². The molecule has 89 valence electrons. The summed E-state index contributed by atoms with van der Waals surface area (Å²) in [7, 11) is 1.00. The first-order valence-electron chi connectivity index (χ1n) is 3.17. The Bertz CT molecular complexity index is 117. The molecule has 0 aliphatic rings. The zero-order chi connectivity index (χ0) is 12.7. The quantitative estimate of drug-likeness (QED) is 0.466. The normalized spacial score (nSPS) is 5.40. The first-order valence-corrected chi connectivity index (χ1v) is 3.17. The number of aliphatic carboxylic acids is 3. The summed E-state index contributed by atoms with van der Waals surface area (Å²) < 4.78 is 0. The Hall–Kier alpha value is -1.10. The van der Waals surface area contributed by atoms with Gasteiger partial charge in [0.1, 0.15) is 0 Å². The zero-order valence-corrected chi connectivity index (χ0v) is 10.1. The summed E-state index contributed by atoms with van der Waals surface area (Å²) in [6.45, 7) is 2.92. The number of carbonyl (C=O) groups is 3. The van der Waals surface area contributed by atoms with Gasteiger partial charge in [-0.25, -0.2) is 0 Å². The molecular formula is C7H13CrO7. The van der Waals surface area contributed by atoms with Crippen LogP contribution in [0, 0.1) is 0 Å². The van der Waals surface area contributed by atoms with Crippen LogP contribution < -0.4 is 15.3 Å². The van der Waals surface area contributed by atoms with Gasteiger partial charge < -0.3 is 34.8 Å². The third kappa shape index (κ3) is 1270. The van der Waals surface area contributed by atoms with E-state index in [0.29, 0.717) is 0 Å². The Morgan fingerprint density at radius 3 is 0.733 bits per heavy atom. The Balaban J connectivity index is -0.0000000298. The predicted octanol–water partition coefficient (Wildman–Crippen LogP) is -4.13. The first kappa shape index (κ1) is 29.2. The van der Waals surface area contributed by atoms with Crippen LogP contribution >= 0.6 is 0 Å². The van der Waals surface area contributed by atoms with Crippen LogP contribution in [0.2, 0.25) is 0 Å². The first-order chi connectivity index (χ1) is 6.20. The molecular weight excluding hydrogens is 248 g/mol. The molecule has 0 atom stereocenters. The van der Waals surface area contributed by atoms with E-state index < -0.39 is 17.9 Å². The van der Waals surface area contributed by atoms with Gasteiger partial charge in [-0.15, -0.1) is 0 Å². The van der Waals surface area contributed by atoms with Crippen molar-refractivity contribution in [3.05, 3.63) is 0 Å². The maximum atomic E-state index is 8.89. The second-order valence-corrected chi connectivity index (χ2v) is 1.47. The second kappa shape index (κ2) is 29.3. The molecule has 0 spiro atoms. The SMILES string of the molecule is CC(=O)[O-].CC(=O)[O-].CC(=O)[O-].CO.[Cr+3]. The number of carboxylic acids is 3. The van der Waals surface area contributed by atoms with Gasteiger partial charge in [0.15, 0.2) is 0 Å². The van der Waals surface area contributed by atoms with Crippen molar-refractivity contribution in [1.82, 2.24) is 0 Å². The summed E-state index contributed by atoms with van der Waals surface area (Å²) in [6.07, 6.45) is 0. The zero-order valence-electron chi connectivity index (χ0n) is 8.80. The van der Waals surface area contributed by atoms with Crippen LogP contribution in [-0.4, -0.2) is 30.1 Å². The molecule has 0 rings (SSSR count). The maximum absolute atomic E-state index is 8.89. The average Bonchev–Trinajstić information content (AvgIpc) is 1.86. The van der Waals surface area contributed by atoms with E-state index in [0.717, 1.165) is 27.9 Å². The van der Waals surface area contributed by atoms with E-state index in [1.165, 1.54) is 0 Å². The summed E-state index contributed by atoms with van der Waals surface area (Å²) in [5.74, 6) is -3.25. The minimum absolute atomic E-state index is 0. The fourth-order valence-corrected chi connectivity index (χ4v) is 0. The van der Waals surface area contributed by atoms with Crippen molar-refractivity contribution in [1.29, 1.82) is 0 Å². The largest absolute Gasteiger partial charge is 3.00 e. The molecule has 1 radical (unpaired) electrons. The van der Waals surface area contributed by atoms with Crippen LogP contribution in [0.4, 0.5) is 0 Å². The molecule has 0 aromatic rings. The van der Waals surface area contributed by atoms with Crippen molar-refractivity contribution in [2.45, 2.75) is 20.8 Å². The van der Waals surface area contributed by atoms with Crippen LogP contribution in [-0.2, 0) is 31.7 Å².